The Kier molecular flexibility index (Phi) is 3.94. The fourth-order valence-corrected chi connectivity index (χ4v) is 1.68. The van der Waals surface area contributed by atoms with E-state index in [1.54, 1.807) is 18.3 Å². The fraction of sp³-hybridized carbons (Fsp3) is 0.167. The van der Waals surface area contributed by atoms with E-state index < -0.39 is 11.0 Å². The summed E-state index contributed by atoms with van der Waals surface area (Å²) in [6, 6.07) is 6.06. The molecule has 0 radical (unpaired) electrons. The van der Waals surface area contributed by atoms with E-state index in [1.807, 2.05) is 0 Å². The van der Waals surface area contributed by atoms with Gasteiger partial charge in [-0.3, -0.25) is 10.1 Å². The number of carbonyl (C=O) groups is 1. The molecule has 1 aromatic carbocycles. The van der Waals surface area contributed by atoms with Crippen LogP contribution >= 0.6 is 0 Å². The number of non-ortho nitro benzene ring substituents is 1. The molecule has 1 amide bonds. The van der Waals surface area contributed by atoms with Gasteiger partial charge in [-0.1, -0.05) is 0 Å². The van der Waals surface area contributed by atoms with Crippen molar-refractivity contribution in [2.45, 2.75) is 6.42 Å². The summed E-state index contributed by atoms with van der Waals surface area (Å²) in [6.45, 7) is 0.266. The Morgan fingerprint density at radius 3 is 2.70 bits per heavy atom. The predicted octanol–water partition coefficient (Wildman–Crippen LogP) is 1.79. The van der Waals surface area contributed by atoms with Gasteiger partial charge in [-0.15, -0.1) is 0 Å². The Bertz CT molecular complexity index is 621. The number of hydrogen-bond acceptors (Lipinski definition) is 4. The van der Waals surface area contributed by atoms with Gasteiger partial charge in [-0.25, -0.2) is 9.78 Å². The molecule has 8 heteroatoms. The van der Waals surface area contributed by atoms with Crippen LogP contribution in [0.25, 0.3) is 11.3 Å². The molecule has 0 aliphatic heterocycles. The smallest absolute Gasteiger partial charge is 0.404 e. The van der Waals surface area contributed by atoms with E-state index in [2.05, 4.69) is 15.3 Å². The van der Waals surface area contributed by atoms with Crippen LogP contribution in [0.3, 0.4) is 0 Å². The molecule has 0 bridgehead atoms. The number of nitro groups is 1. The predicted molar refractivity (Wildman–Crippen MR) is 70.4 cm³/mol. The van der Waals surface area contributed by atoms with Crippen molar-refractivity contribution in [3.05, 3.63) is 46.4 Å². The summed E-state index contributed by atoms with van der Waals surface area (Å²) in [4.78, 5) is 27.6. The van der Waals surface area contributed by atoms with Crippen molar-refractivity contribution in [2.24, 2.45) is 0 Å². The maximum atomic E-state index is 10.6. The average Bonchev–Trinajstić information content (AvgIpc) is 2.87. The zero-order chi connectivity index (χ0) is 14.5. The van der Waals surface area contributed by atoms with Crippen molar-refractivity contribution in [3.63, 3.8) is 0 Å². The number of rotatable bonds is 5. The molecule has 0 atom stereocenters. The molecule has 0 aliphatic rings. The molecule has 0 unspecified atom stereocenters. The normalized spacial score (nSPS) is 10.2. The number of imidazole rings is 1. The van der Waals surface area contributed by atoms with Crippen LogP contribution in [0.15, 0.2) is 30.5 Å². The largest absolute Gasteiger partial charge is 0.465 e. The molecule has 0 aliphatic carbocycles. The van der Waals surface area contributed by atoms with Gasteiger partial charge in [0.2, 0.25) is 0 Å². The first kappa shape index (κ1) is 13.5. The zero-order valence-corrected chi connectivity index (χ0v) is 10.4. The van der Waals surface area contributed by atoms with Crippen LogP contribution in [0.2, 0.25) is 0 Å². The maximum Gasteiger partial charge on any atom is 0.404 e. The molecule has 0 fully saturated rings. The summed E-state index contributed by atoms with van der Waals surface area (Å²) in [7, 11) is 0. The van der Waals surface area contributed by atoms with Crippen LogP contribution < -0.4 is 5.32 Å². The Labute approximate surface area is 113 Å². The second kappa shape index (κ2) is 5.83. The summed E-state index contributed by atoms with van der Waals surface area (Å²) in [6.07, 6.45) is 1.04. The third-order valence-corrected chi connectivity index (χ3v) is 2.64. The Hall–Kier alpha value is -2.90. The minimum atomic E-state index is -1.08. The number of nitrogens with one attached hydrogen (secondary N) is 2. The first-order valence-electron chi connectivity index (χ1n) is 5.82. The Morgan fingerprint density at radius 2 is 2.10 bits per heavy atom. The molecular formula is C12H12N4O4. The number of aromatic nitrogens is 2. The standard InChI is InChI=1S/C12H12N4O4/c17-12(18)13-6-5-11-14-7-10(15-11)8-1-3-9(4-2-8)16(19)20/h1-4,7,13H,5-6H2,(H,14,15)(H,17,18). The van der Waals surface area contributed by atoms with E-state index in [9.17, 15) is 14.9 Å². The molecule has 0 saturated heterocycles. The van der Waals surface area contributed by atoms with Gasteiger partial charge < -0.3 is 15.4 Å². The highest BCUT2D eigenvalue weighted by molar-refractivity contribution is 5.64. The van der Waals surface area contributed by atoms with Crippen LogP contribution in [-0.2, 0) is 6.42 Å². The SMILES string of the molecule is O=C(O)NCCc1nc(-c2ccc([N+](=O)[O-])cc2)c[nH]1. The van der Waals surface area contributed by atoms with Gasteiger partial charge in [0.05, 0.1) is 10.6 Å². The summed E-state index contributed by atoms with van der Waals surface area (Å²) >= 11 is 0. The summed E-state index contributed by atoms with van der Waals surface area (Å²) in [5.74, 6) is 0.645. The van der Waals surface area contributed by atoms with Crippen molar-refractivity contribution in [1.82, 2.24) is 15.3 Å². The van der Waals surface area contributed by atoms with Gasteiger partial charge in [0.25, 0.3) is 5.69 Å². The molecule has 0 spiro atoms. The van der Waals surface area contributed by atoms with Gasteiger partial charge >= 0.3 is 6.09 Å². The fourth-order valence-electron chi connectivity index (χ4n) is 1.68. The molecule has 20 heavy (non-hydrogen) atoms. The first-order chi connectivity index (χ1) is 9.56. The molecule has 8 nitrogen and oxygen atoms in total. The Balaban J connectivity index is 2.04. The van der Waals surface area contributed by atoms with E-state index in [4.69, 9.17) is 5.11 Å². The number of nitrogens with zero attached hydrogens (tertiary/aromatic N) is 2. The lowest BCUT2D eigenvalue weighted by Gasteiger charge is -1.98. The van der Waals surface area contributed by atoms with Crippen molar-refractivity contribution < 1.29 is 14.8 Å². The average molecular weight is 276 g/mol. The highest BCUT2D eigenvalue weighted by Gasteiger charge is 2.08. The number of aromatic amines is 1. The number of amides is 1. The van der Waals surface area contributed by atoms with Gasteiger partial charge in [0.1, 0.15) is 5.82 Å². The Morgan fingerprint density at radius 1 is 1.40 bits per heavy atom. The van der Waals surface area contributed by atoms with E-state index in [0.717, 1.165) is 5.56 Å². The number of carboxylic acid groups (broad SMARTS) is 1. The summed E-state index contributed by atoms with van der Waals surface area (Å²) in [5, 5.41) is 21.2. The lowest BCUT2D eigenvalue weighted by molar-refractivity contribution is -0.384. The van der Waals surface area contributed by atoms with E-state index in [0.29, 0.717) is 17.9 Å². The van der Waals surface area contributed by atoms with Gasteiger partial charge in [-0.05, 0) is 12.1 Å². The van der Waals surface area contributed by atoms with Gasteiger partial charge in [-0.2, -0.15) is 0 Å². The molecule has 0 saturated carbocycles. The van der Waals surface area contributed by atoms with Crippen LogP contribution in [0.5, 0.6) is 0 Å². The minimum Gasteiger partial charge on any atom is -0.465 e. The number of benzene rings is 1. The van der Waals surface area contributed by atoms with Crippen molar-refractivity contribution >= 4 is 11.8 Å². The lowest BCUT2D eigenvalue weighted by Crippen LogP contribution is -2.23. The highest BCUT2D eigenvalue weighted by Crippen LogP contribution is 2.20. The van der Waals surface area contributed by atoms with E-state index >= 15 is 0 Å². The molecule has 104 valence electrons. The monoisotopic (exact) mass is 276 g/mol. The number of nitro benzene ring substituents is 1. The van der Waals surface area contributed by atoms with Crippen molar-refractivity contribution in [3.8, 4) is 11.3 Å². The van der Waals surface area contributed by atoms with Gasteiger partial charge in [0.15, 0.2) is 0 Å². The van der Waals surface area contributed by atoms with E-state index in [1.165, 1.54) is 12.1 Å². The molecule has 1 heterocycles. The minimum absolute atomic E-state index is 0.0233. The topological polar surface area (TPSA) is 121 Å². The molecule has 3 N–H and O–H groups in total. The van der Waals surface area contributed by atoms with Crippen LogP contribution in [-0.4, -0.2) is 32.6 Å². The lowest BCUT2D eigenvalue weighted by atomic mass is 10.1. The summed E-state index contributed by atoms with van der Waals surface area (Å²) < 4.78 is 0. The molecule has 1 aromatic heterocycles. The molecule has 2 aromatic rings. The number of H-pyrrole nitrogens is 1. The van der Waals surface area contributed by atoms with E-state index in [-0.39, 0.29) is 12.2 Å². The van der Waals surface area contributed by atoms with Crippen LogP contribution in [0.4, 0.5) is 10.5 Å². The third kappa shape index (κ3) is 3.31. The van der Waals surface area contributed by atoms with Gasteiger partial charge in [0, 0.05) is 36.9 Å². The van der Waals surface area contributed by atoms with Crippen LogP contribution in [0, 0.1) is 10.1 Å². The number of hydrogen-bond donors (Lipinski definition) is 3. The van der Waals surface area contributed by atoms with Crippen molar-refractivity contribution in [2.75, 3.05) is 6.54 Å². The molecular weight excluding hydrogens is 264 g/mol. The zero-order valence-electron chi connectivity index (χ0n) is 10.4. The summed E-state index contributed by atoms with van der Waals surface area (Å²) in [5.41, 5.74) is 1.43. The second-order valence-corrected chi connectivity index (χ2v) is 4.02. The quantitative estimate of drug-likeness (QED) is 0.567. The maximum absolute atomic E-state index is 10.6. The first-order valence-corrected chi connectivity index (χ1v) is 5.82. The van der Waals surface area contributed by atoms with Crippen molar-refractivity contribution in [1.29, 1.82) is 0 Å². The highest BCUT2D eigenvalue weighted by atomic mass is 16.6. The third-order valence-electron chi connectivity index (χ3n) is 2.64. The molecule has 2 rings (SSSR count). The second-order valence-electron chi connectivity index (χ2n) is 4.02. The van der Waals surface area contributed by atoms with Crippen LogP contribution in [0.1, 0.15) is 5.82 Å².